The number of allylic oxidation sites excluding steroid dienone is 3. The molecule has 0 aliphatic carbocycles. The molecule has 0 aliphatic heterocycles. The van der Waals surface area contributed by atoms with Crippen LogP contribution in [-0.2, 0) is 0 Å². The van der Waals surface area contributed by atoms with Crippen molar-refractivity contribution >= 4 is 6.21 Å². The van der Waals surface area contributed by atoms with Crippen LogP contribution in [-0.4, -0.2) is 6.21 Å². The van der Waals surface area contributed by atoms with Crippen LogP contribution < -0.4 is 0 Å². The summed E-state index contributed by atoms with van der Waals surface area (Å²) >= 11 is 0. The van der Waals surface area contributed by atoms with Gasteiger partial charge in [-0.15, -0.1) is 0 Å². The first-order chi connectivity index (χ1) is 4.72. The van der Waals surface area contributed by atoms with Gasteiger partial charge in [-0.2, -0.15) is 0 Å². The van der Waals surface area contributed by atoms with Gasteiger partial charge in [0.1, 0.15) is 0 Å². The molecule has 0 saturated heterocycles. The number of aliphatic imine (C=N–C) groups is 1. The summed E-state index contributed by atoms with van der Waals surface area (Å²) in [5.74, 6) is 0. The van der Waals surface area contributed by atoms with Crippen molar-refractivity contribution in [2.24, 2.45) is 4.99 Å². The molecule has 54 valence electrons. The van der Waals surface area contributed by atoms with Crippen molar-refractivity contribution in [2.75, 3.05) is 0 Å². The maximum absolute atomic E-state index is 3.87. The fourth-order valence-electron chi connectivity index (χ4n) is 0.564. The normalized spacial score (nSPS) is 12.0. The number of rotatable bonds is 3. The molecule has 10 heavy (non-hydrogen) atoms. The van der Waals surface area contributed by atoms with Crippen molar-refractivity contribution in [2.45, 2.75) is 13.8 Å². The second-order valence-corrected chi connectivity index (χ2v) is 1.99. The molecule has 0 atom stereocenters. The van der Waals surface area contributed by atoms with Crippen molar-refractivity contribution < 1.29 is 0 Å². The molecule has 0 aromatic carbocycles. The fraction of sp³-hybridized carbons (Fsp3) is 0.222. The molecule has 1 heteroatoms. The lowest BCUT2D eigenvalue weighted by Gasteiger charge is -1.95. The third-order valence-electron chi connectivity index (χ3n) is 1.12. The van der Waals surface area contributed by atoms with E-state index >= 15 is 0 Å². The molecule has 0 aliphatic rings. The van der Waals surface area contributed by atoms with Crippen LogP contribution in [0.3, 0.4) is 0 Å². The lowest BCUT2D eigenvalue weighted by atomic mass is 10.1. The molecule has 0 amide bonds. The molecule has 0 bridgehead atoms. The van der Waals surface area contributed by atoms with Crippen LogP contribution in [0.2, 0.25) is 0 Å². The zero-order valence-electron chi connectivity index (χ0n) is 6.59. The summed E-state index contributed by atoms with van der Waals surface area (Å²) in [6, 6.07) is 0. The summed E-state index contributed by atoms with van der Waals surface area (Å²) in [7, 11) is 0. The second kappa shape index (κ2) is 4.74. The highest BCUT2D eigenvalue weighted by molar-refractivity contribution is 5.84. The molecule has 0 saturated carbocycles. The minimum absolute atomic E-state index is 1.02. The first-order valence-electron chi connectivity index (χ1n) is 3.18. The Labute approximate surface area is 62.5 Å². The monoisotopic (exact) mass is 135 g/mol. The van der Waals surface area contributed by atoms with Gasteiger partial charge in [-0.05, 0) is 25.0 Å². The van der Waals surface area contributed by atoms with Crippen molar-refractivity contribution in [3.63, 3.8) is 0 Å². The van der Waals surface area contributed by atoms with Gasteiger partial charge in [0.05, 0.1) is 0 Å². The zero-order chi connectivity index (χ0) is 7.98. The van der Waals surface area contributed by atoms with Crippen LogP contribution in [0.4, 0.5) is 0 Å². The second-order valence-electron chi connectivity index (χ2n) is 1.99. The lowest BCUT2D eigenvalue weighted by Crippen LogP contribution is -1.83. The molecule has 0 fully saturated rings. The van der Waals surface area contributed by atoms with E-state index < -0.39 is 0 Å². The van der Waals surface area contributed by atoms with Crippen LogP contribution in [0.25, 0.3) is 0 Å². The maximum atomic E-state index is 3.87. The standard InChI is InChI=1S/C9H13N/c1-5-9(8(3)4)7-10-6-2/h5-7H,2-3H2,1,4H3/b9-5+,10-7?. The molecule has 0 aromatic heterocycles. The molecule has 1 nitrogen and oxygen atoms in total. The Morgan fingerprint density at radius 1 is 1.50 bits per heavy atom. The van der Waals surface area contributed by atoms with Crippen LogP contribution >= 0.6 is 0 Å². The number of nitrogens with zero attached hydrogens (tertiary/aromatic N) is 1. The van der Waals surface area contributed by atoms with Gasteiger partial charge in [-0.25, -0.2) is 0 Å². The molecule has 0 heterocycles. The Bertz CT molecular complexity index is 185. The molecule has 0 aromatic rings. The van der Waals surface area contributed by atoms with E-state index in [1.54, 1.807) is 6.21 Å². The minimum atomic E-state index is 1.02. The van der Waals surface area contributed by atoms with E-state index in [9.17, 15) is 0 Å². The van der Waals surface area contributed by atoms with E-state index in [2.05, 4.69) is 18.2 Å². The summed E-state index contributed by atoms with van der Waals surface area (Å²) in [4.78, 5) is 3.87. The summed E-state index contributed by atoms with van der Waals surface area (Å²) in [5, 5.41) is 0. The summed E-state index contributed by atoms with van der Waals surface area (Å²) < 4.78 is 0. The molecule has 0 rings (SSSR count). The highest BCUT2D eigenvalue weighted by Gasteiger charge is 1.88. The lowest BCUT2D eigenvalue weighted by molar-refractivity contribution is 1.46. The fourth-order valence-corrected chi connectivity index (χ4v) is 0.564. The Morgan fingerprint density at radius 3 is 2.40 bits per heavy atom. The largest absolute Gasteiger partial charge is 0.265 e. The smallest absolute Gasteiger partial charge is 0.0339 e. The quantitative estimate of drug-likeness (QED) is 0.417. The number of hydrogen-bond acceptors (Lipinski definition) is 1. The molecule has 0 radical (unpaired) electrons. The van der Waals surface area contributed by atoms with Gasteiger partial charge >= 0.3 is 0 Å². The Balaban J connectivity index is 4.25. The zero-order valence-corrected chi connectivity index (χ0v) is 6.59. The van der Waals surface area contributed by atoms with Crippen LogP contribution in [0.15, 0.2) is 41.6 Å². The third-order valence-corrected chi connectivity index (χ3v) is 1.12. The van der Waals surface area contributed by atoms with Gasteiger partial charge in [0.15, 0.2) is 0 Å². The van der Waals surface area contributed by atoms with Crippen molar-refractivity contribution in [3.05, 3.63) is 36.6 Å². The molecule has 0 N–H and O–H groups in total. The van der Waals surface area contributed by atoms with E-state index in [0.29, 0.717) is 0 Å². The summed E-state index contributed by atoms with van der Waals surface area (Å²) in [6.07, 6.45) is 5.22. The number of hydrogen-bond donors (Lipinski definition) is 0. The maximum Gasteiger partial charge on any atom is 0.0339 e. The Hall–Kier alpha value is -1.11. The van der Waals surface area contributed by atoms with Crippen LogP contribution in [0.5, 0.6) is 0 Å². The van der Waals surface area contributed by atoms with Crippen molar-refractivity contribution in [1.29, 1.82) is 0 Å². The van der Waals surface area contributed by atoms with E-state index in [-0.39, 0.29) is 0 Å². The van der Waals surface area contributed by atoms with Gasteiger partial charge in [0, 0.05) is 12.4 Å². The summed E-state index contributed by atoms with van der Waals surface area (Å²) in [5.41, 5.74) is 2.08. The van der Waals surface area contributed by atoms with Gasteiger partial charge in [-0.1, -0.05) is 19.2 Å². The molecule has 0 spiro atoms. The predicted molar refractivity (Wildman–Crippen MR) is 47.3 cm³/mol. The third kappa shape index (κ3) is 3.02. The van der Waals surface area contributed by atoms with E-state index in [1.165, 1.54) is 6.20 Å². The SMILES string of the molecule is C=CN=C/C(=C\C)C(=C)C. The van der Waals surface area contributed by atoms with Crippen molar-refractivity contribution in [1.82, 2.24) is 0 Å². The molecular weight excluding hydrogens is 122 g/mol. The summed E-state index contributed by atoms with van der Waals surface area (Å²) in [6.45, 7) is 11.2. The molecular formula is C9H13N. The average molecular weight is 135 g/mol. The highest BCUT2D eigenvalue weighted by atomic mass is 14.7. The van der Waals surface area contributed by atoms with Crippen LogP contribution in [0.1, 0.15) is 13.8 Å². The Morgan fingerprint density at radius 2 is 2.10 bits per heavy atom. The highest BCUT2D eigenvalue weighted by Crippen LogP contribution is 2.02. The van der Waals surface area contributed by atoms with Crippen molar-refractivity contribution in [3.8, 4) is 0 Å². The van der Waals surface area contributed by atoms with Gasteiger partial charge in [0.25, 0.3) is 0 Å². The topological polar surface area (TPSA) is 12.4 Å². The van der Waals surface area contributed by atoms with E-state index in [4.69, 9.17) is 0 Å². The predicted octanol–water partition coefficient (Wildman–Crippen LogP) is 2.72. The van der Waals surface area contributed by atoms with E-state index in [0.717, 1.165) is 11.1 Å². The minimum Gasteiger partial charge on any atom is -0.265 e. The first kappa shape index (κ1) is 8.89. The van der Waals surface area contributed by atoms with Gasteiger partial charge < -0.3 is 0 Å². The first-order valence-corrected chi connectivity index (χ1v) is 3.18. The Kier molecular flexibility index (Phi) is 4.21. The molecule has 0 unspecified atom stereocenters. The van der Waals surface area contributed by atoms with Crippen LogP contribution in [0, 0.1) is 0 Å². The van der Waals surface area contributed by atoms with E-state index in [1.807, 2.05) is 19.9 Å². The average Bonchev–Trinajstić information content (AvgIpc) is 1.89. The van der Waals surface area contributed by atoms with Gasteiger partial charge in [-0.3, -0.25) is 4.99 Å². The van der Waals surface area contributed by atoms with Gasteiger partial charge in [0.2, 0.25) is 0 Å².